The number of piperidine rings is 1. The lowest BCUT2D eigenvalue weighted by molar-refractivity contribution is -0.144. The van der Waals surface area contributed by atoms with E-state index in [-0.39, 0.29) is 41.8 Å². The van der Waals surface area contributed by atoms with Crippen LogP contribution < -0.4 is 9.62 Å². The molecule has 1 spiro atoms. The average molecular weight is 640 g/mol. The second-order valence-corrected chi connectivity index (χ2v) is 14.0. The number of nitrogens with one attached hydrogen (secondary N) is 1. The first-order chi connectivity index (χ1) is 21.1. The van der Waals surface area contributed by atoms with E-state index in [0.29, 0.717) is 48.8 Å². The molecule has 2 fully saturated rings. The molecule has 3 aliphatic rings. The van der Waals surface area contributed by atoms with E-state index in [1.54, 1.807) is 29.4 Å². The minimum atomic E-state index is -4.06. The number of nitrogens with zero attached hydrogens (tertiary/aromatic N) is 2. The van der Waals surface area contributed by atoms with E-state index in [1.165, 1.54) is 12.1 Å². The summed E-state index contributed by atoms with van der Waals surface area (Å²) >= 11 is 6.29. The van der Waals surface area contributed by atoms with E-state index in [1.807, 2.05) is 29.2 Å². The standard InChI is InChI=1S/C33H35ClFN3O5S/c1-2-43-30(39)21-37-17-15-33(16-18-37)27-19-23(32(40)36-20-24-5-3-4-6-28(24)34)9-14-29(27)38(31(33)22-7-8-22)44(41,42)26-12-10-25(35)11-13-26/h3-6,9-14,19,22,31H,2,7-8,15-18,20-21H2,1H3,(H,36,40). The molecule has 1 unspecified atom stereocenters. The highest BCUT2D eigenvalue weighted by molar-refractivity contribution is 7.92. The summed E-state index contributed by atoms with van der Waals surface area (Å²) in [4.78, 5) is 27.7. The Labute approximate surface area is 262 Å². The fourth-order valence-electron chi connectivity index (χ4n) is 6.84. The van der Waals surface area contributed by atoms with Crippen LogP contribution in [0, 0.1) is 11.7 Å². The zero-order chi connectivity index (χ0) is 31.1. The predicted molar refractivity (Wildman–Crippen MR) is 166 cm³/mol. The maximum atomic E-state index is 14.3. The second kappa shape index (κ2) is 12.1. The summed E-state index contributed by atoms with van der Waals surface area (Å²) < 4.78 is 49.1. The van der Waals surface area contributed by atoms with Crippen molar-refractivity contribution in [1.29, 1.82) is 0 Å². The van der Waals surface area contributed by atoms with Crippen LogP contribution in [0.25, 0.3) is 0 Å². The van der Waals surface area contributed by atoms with Crippen LogP contribution in [-0.4, -0.2) is 57.5 Å². The van der Waals surface area contributed by atoms with Gasteiger partial charge in [-0.25, -0.2) is 12.8 Å². The number of fused-ring (bicyclic) bond motifs is 2. The second-order valence-electron chi connectivity index (χ2n) is 11.8. The summed E-state index contributed by atoms with van der Waals surface area (Å²) in [6.07, 6.45) is 3.02. The molecule has 2 aliphatic heterocycles. The van der Waals surface area contributed by atoms with Crippen LogP contribution in [0.1, 0.15) is 54.1 Å². The number of esters is 1. The Morgan fingerprint density at radius 2 is 1.75 bits per heavy atom. The van der Waals surface area contributed by atoms with Crippen LogP contribution in [0.3, 0.4) is 0 Å². The van der Waals surface area contributed by atoms with E-state index in [9.17, 15) is 22.4 Å². The summed E-state index contributed by atoms with van der Waals surface area (Å²) in [5, 5.41) is 3.51. The van der Waals surface area contributed by atoms with Crippen molar-refractivity contribution in [2.75, 3.05) is 30.5 Å². The molecule has 232 valence electrons. The largest absolute Gasteiger partial charge is 0.465 e. The number of hydrogen-bond acceptors (Lipinski definition) is 6. The van der Waals surface area contributed by atoms with Crippen molar-refractivity contribution in [3.63, 3.8) is 0 Å². The predicted octanol–water partition coefficient (Wildman–Crippen LogP) is 5.29. The highest BCUT2D eigenvalue weighted by Crippen LogP contribution is 2.59. The number of likely N-dealkylation sites (tertiary alicyclic amines) is 1. The zero-order valence-corrected chi connectivity index (χ0v) is 26.0. The zero-order valence-electron chi connectivity index (χ0n) is 24.5. The van der Waals surface area contributed by atoms with Crippen molar-refractivity contribution in [1.82, 2.24) is 10.2 Å². The first-order valence-corrected chi connectivity index (χ1v) is 16.8. The first-order valence-electron chi connectivity index (χ1n) is 15.0. The van der Waals surface area contributed by atoms with Gasteiger partial charge in [-0.1, -0.05) is 29.8 Å². The van der Waals surface area contributed by atoms with Gasteiger partial charge >= 0.3 is 5.97 Å². The first kappa shape index (κ1) is 30.6. The Balaban J connectivity index is 1.38. The summed E-state index contributed by atoms with van der Waals surface area (Å²) in [7, 11) is -4.06. The molecule has 1 amide bonds. The molecule has 6 rings (SSSR count). The summed E-state index contributed by atoms with van der Waals surface area (Å²) in [5.74, 6) is -0.938. The van der Waals surface area contributed by atoms with Crippen LogP contribution in [0.15, 0.2) is 71.6 Å². The van der Waals surface area contributed by atoms with Gasteiger partial charge in [0.1, 0.15) is 5.82 Å². The molecular formula is C33H35ClFN3O5S. The van der Waals surface area contributed by atoms with Gasteiger partial charge in [-0.2, -0.15) is 0 Å². The van der Waals surface area contributed by atoms with Crippen LogP contribution in [0.5, 0.6) is 0 Å². The Kier molecular flexibility index (Phi) is 8.43. The number of hydrogen-bond donors (Lipinski definition) is 1. The molecule has 3 aromatic carbocycles. The number of halogens is 2. The fourth-order valence-corrected chi connectivity index (χ4v) is 8.84. The Morgan fingerprint density at radius 3 is 2.41 bits per heavy atom. The van der Waals surface area contributed by atoms with Crippen molar-refractivity contribution in [3.05, 3.63) is 94.3 Å². The van der Waals surface area contributed by atoms with Gasteiger partial charge < -0.3 is 10.1 Å². The third-order valence-electron chi connectivity index (χ3n) is 9.09. The van der Waals surface area contributed by atoms with Gasteiger partial charge in [0, 0.05) is 22.5 Å². The third kappa shape index (κ3) is 5.71. The quantitative estimate of drug-likeness (QED) is 0.320. The minimum absolute atomic E-state index is 0.0221. The van der Waals surface area contributed by atoms with E-state index in [0.717, 1.165) is 36.1 Å². The molecule has 2 heterocycles. The molecule has 44 heavy (non-hydrogen) atoms. The molecule has 1 N–H and O–H groups in total. The van der Waals surface area contributed by atoms with Gasteiger partial charge in [-0.05, 0) is 111 Å². The smallest absolute Gasteiger partial charge is 0.320 e. The topological polar surface area (TPSA) is 96.0 Å². The van der Waals surface area contributed by atoms with Crippen LogP contribution in [0.4, 0.5) is 10.1 Å². The Bertz CT molecular complexity index is 1670. The van der Waals surface area contributed by atoms with E-state index in [2.05, 4.69) is 5.32 Å². The van der Waals surface area contributed by atoms with Crippen molar-refractivity contribution in [2.45, 2.75) is 55.5 Å². The molecule has 11 heteroatoms. The van der Waals surface area contributed by atoms with Crippen molar-refractivity contribution in [3.8, 4) is 0 Å². The molecule has 1 atom stereocenters. The summed E-state index contributed by atoms with van der Waals surface area (Å²) in [5.41, 5.74) is 2.03. The lowest BCUT2D eigenvalue weighted by atomic mass is 9.68. The normalized spacial score (nSPS) is 19.5. The van der Waals surface area contributed by atoms with E-state index >= 15 is 0 Å². The number of ether oxygens (including phenoxy) is 1. The lowest BCUT2D eigenvalue weighted by Crippen LogP contribution is -2.54. The maximum Gasteiger partial charge on any atom is 0.320 e. The van der Waals surface area contributed by atoms with Gasteiger partial charge in [-0.15, -0.1) is 0 Å². The fraction of sp³-hybridized carbons (Fsp3) is 0.394. The summed E-state index contributed by atoms with van der Waals surface area (Å²) in [6.45, 7) is 3.67. The van der Waals surface area contributed by atoms with Crippen LogP contribution in [0.2, 0.25) is 5.02 Å². The van der Waals surface area contributed by atoms with Crippen LogP contribution >= 0.6 is 11.6 Å². The monoisotopic (exact) mass is 639 g/mol. The third-order valence-corrected chi connectivity index (χ3v) is 11.3. The van der Waals surface area contributed by atoms with Crippen molar-refractivity contribution < 1.29 is 27.1 Å². The SMILES string of the molecule is CCOC(=O)CN1CCC2(CC1)c1cc(C(=O)NCc3ccccc3Cl)ccc1N(S(=O)(=O)c1ccc(F)cc1)C2C1CC1. The van der Waals surface area contributed by atoms with Crippen molar-refractivity contribution >= 4 is 39.2 Å². The van der Waals surface area contributed by atoms with Gasteiger partial charge in [0.25, 0.3) is 15.9 Å². The maximum absolute atomic E-state index is 14.3. The highest BCUT2D eigenvalue weighted by Gasteiger charge is 2.60. The van der Waals surface area contributed by atoms with Gasteiger partial charge in [0.05, 0.1) is 29.8 Å². The van der Waals surface area contributed by atoms with E-state index < -0.39 is 21.3 Å². The molecular weight excluding hydrogens is 605 g/mol. The summed E-state index contributed by atoms with van der Waals surface area (Å²) in [6, 6.07) is 17.1. The lowest BCUT2D eigenvalue weighted by Gasteiger charge is -2.45. The average Bonchev–Trinajstić information content (AvgIpc) is 3.81. The van der Waals surface area contributed by atoms with Gasteiger partial charge in [0.2, 0.25) is 0 Å². The molecule has 1 saturated heterocycles. The van der Waals surface area contributed by atoms with Gasteiger partial charge in [-0.3, -0.25) is 18.8 Å². The minimum Gasteiger partial charge on any atom is -0.465 e. The molecule has 0 bridgehead atoms. The van der Waals surface area contributed by atoms with Crippen LogP contribution in [-0.2, 0) is 31.5 Å². The molecule has 0 radical (unpaired) electrons. The molecule has 1 saturated carbocycles. The Morgan fingerprint density at radius 1 is 1.05 bits per heavy atom. The number of benzene rings is 3. The van der Waals surface area contributed by atoms with Gasteiger partial charge in [0.15, 0.2) is 0 Å². The number of sulfonamides is 1. The Hall–Kier alpha value is -3.47. The molecule has 8 nitrogen and oxygen atoms in total. The molecule has 1 aliphatic carbocycles. The number of rotatable bonds is 9. The number of carbonyl (C=O) groups excluding carboxylic acids is 2. The van der Waals surface area contributed by atoms with Crippen molar-refractivity contribution in [2.24, 2.45) is 5.92 Å². The molecule has 3 aromatic rings. The highest BCUT2D eigenvalue weighted by atomic mass is 35.5. The number of carbonyl (C=O) groups is 2. The molecule has 0 aromatic heterocycles. The number of amides is 1. The number of anilines is 1. The van der Waals surface area contributed by atoms with E-state index in [4.69, 9.17) is 16.3 Å².